The van der Waals surface area contributed by atoms with Crippen molar-refractivity contribution in [2.75, 3.05) is 33.3 Å². The third-order valence-corrected chi connectivity index (χ3v) is 4.97. The summed E-state index contributed by atoms with van der Waals surface area (Å²) in [7, 11) is 1.68. The van der Waals surface area contributed by atoms with Crippen molar-refractivity contribution >= 4 is 5.91 Å². The molecule has 1 aromatic carbocycles. The minimum absolute atomic E-state index is 0.0364. The van der Waals surface area contributed by atoms with Gasteiger partial charge in [-0.3, -0.25) is 9.69 Å². The number of nitrogens with zero attached hydrogens (tertiary/aromatic N) is 1. The van der Waals surface area contributed by atoms with E-state index in [1.165, 1.54) is 12.8 Å². The zero-order valence-electron chi connectivity index (χ0n) is 14.2. The van der Waals surface area contributed by atoms with Crippen LogP contribution in [0, 0.1) is 0 Å². The predicted octanol–water partition coefficient (Wildman–Crippen LogP) is 0.671. The van der Waals surface area contributed by atoms with Gasteiger partial charge in [-0.1, -0.05) is 18.2 Å². The Kier molecular flexibility index (Phi) is 5.71. The second-order valence-electron chi connectivity index (χ2n) is 6.60. The normalized spacial score (nSPS) is 25.6. The highest BCUT2D eigenvalue weighted by molar-refractivity contribution is 5.82. The fourth-order valence-electron chi connectivity index (χ4n) is 3.67. The molecule has 0 spiro atoms. The van der Waals surface area contributed by atoms with Gasteiger partial charge in [-0.25, -0.2) is 0 Å². The molecule has 2 aliphatic heterocycles. The van der Waals surface area contributed by atoms with Gasteiger partial charge in [0.1, 0.15) is 5.75 Å². The molecule has 6 nitrogen and oxygen atoms in total. The van der Waals surface area contributed by atoms with E-state index in [-0.39, 0.29) is 18.0 Å². The number of aliphatic hydroxyl groups excluding tert-OH is 1. The number of benzene rings is 1. The smallest absolute Gasteiger partial charge is 0.237 e. The minimum atomic E-state index is -0.427. The van der Waals surface area contributed by atoms with Gasteiger partial charge in [-0.2, -0.15) is 0 Å². The van der Waals surface area contributed by atoms with Crippen LogP contribution in [0.5, 0.6) is 5.75 Å². The lowest BCUT2D eigenvalue weighted by Gasteiger charge is -2.29. The van der Waals surface area contributed by atoms with Crippen LogP contribution < -0.4 is 15.4 Å². The van der Waals surface area contributed by atoms with E-state index in [9.17, 15) is 9.90 Å². The van der Waals surface area contributed by atoms with Gasteiger partial charge in [0.15, 0.2) is 0 Å². The van der Waals surface area contributed by atoms with E-state index >= 15 is 0 Å². The van der Waals surface area contributed by atoms with Gasteiger partial charge in [0.2, 0.25) is 5.91 Å². The number of carbonyl (C=O) groups is 1. The number of para-hydroxylation sites is 1. The molecule has 6 heteroatoms. The third kappa shape index (κ3) is 3.88. The molecular weight excluding hydrogens is 306 g/mol. The standard InChI is InChI=1S/C18H27N3O3/c1-24-17-7-3-2-6-14(17)16(21-8-4-5-9-21)12-20-18(23)15-10-13(22)11-19-15/h2-3,6-7,13,15-16,19,22H,4-5,8-12H2,1H3,(H,20,23). The summed E-state index contributed by atoms with van der Waals surface area (Å²) in [5, 5.41) is 15.7. The van der Waals surface area contributed by atoms with E-state index in [0.29, 0.717) is 19.5 Å². The summed E-state index contributed by atoms with van der Waals surface area (Å²) in [6.45, 7) is 3.12. The summed E-state index contributed by atoms with van der Waals surface area (Å²) < 4.78 is 5.52. The zero-order valence-corrected chi connectivity index (χ0v) is 14.2. The van der Waals surface area contributed by atoms with Crippen LogP contribution in [0.1, 0.15) is 30.9 Å². The molecule has 0 radical (unpaired) electrons. The first-order valence-corrected chi connectivity index (χ1v) is 8.75. The Bertz CT molecular complexity index is 560. The van der Waals surface area contributed by atoms with Gasteiger partial charge >= 0.3 is 0 Å². The van der Waals surface area contributed by atoms with Gasteiger partial charge in [-0.15, -0.1) is 0 Å². The van der Waals surface area contributed by atoms with Crippen molar-refractivity contribution < 1.29 is 14.6 Å². The van der Waals surface area contributed by atoms with E-state index in [4.69, 9.17) is 4.74 Å². The highest BCUT2D eigenvalue weighted by Crippen LogP contribution is 2.31. The minimum Gasteiger partial charge on any atom is -0.496 e. The lowest BCUT2D eigenvalue weighted by atomic mass is 10.0. The van der Waals surface area contributed by atoms with Crippen molar-refractivity contribution in [3.63, 3.8) is 0 Å². The number of hydrogen-bond donors (Lipinski definition) is 3. The van der Waals surface area contributed by atoms with Gasteiger partial charge < -0.3 is 20.5 Å². The maximum Gasteiger partial charge on any atom is 0.237 e. The number of rotatable bonds is 6. The maximum absolute atomic E-state index is 12.4. The number of aliphatic hydroxyl groups is 1. The molecule has 2 fully saturated rings. The first kappa shape index (κ1) is 17.2. The van der Waals surface area contributed by atoms with E-state index in [1.54, 1.807) is 7.11 Å². The third-order valence-electron chi connectivity index (χ3n) is 4.97. The number of methoxy groups -OCH3 is 1. The molecule has 24 heavy (non-hydrogen) atoms. The quantitative estimate of drug-likeness (QED) is 0.714. The van der Waals surface area contributed by atoms with Crippen LogP contribution in [-0.2, 0) is 4.79 Å². The van der Waals surface area contributed by atoms with Gasteiger partial charge in [0, 0.05) is 18.7 Å². The SMILES string of the molecule is COc1ccccc1C(CNC(=O)C1CC(O)CN1)N1CCCC1. The predicted molar refractivity (Wildman–Crippen MR) is 92.0 cm³/mol. The van der Waals surface area contributed by atoms with Crippen molar-refractivity contribution in [2.24, 2.45) is 0 Å². The summed E-state index contributed by atoms with van der Waals surface area (Å²) in [4.78, 5) is 14.8. The van der Waals surface area contributed by atoms with E-state index in [1.807, 2.05) is 18.2 Å². The average molecular weight is 333 g/mol. The van der Waals surface area contributed by atoms with Crippen LogP contribution >= 0.6 is 0 Å². The lowest BCUT2D eigenvalue weighted by molar-refractivity contribution is -0.123. The number of carbonyl (C=O) groups excluding carboxylic acids is 1. The van der Waals surface area contributed by atoms with Crippen molar-refractivity contribution in [3.8, 4) is 5.75 Å². The Morgan fingerprint density at radius 1 is 1.42 bits per heavy atom. The first-order valence-electron chi connectivity index (χ1n) is 8.75. The molecule has 0 aromatic heterocycles. The van der Waals surface area contributed by atoms with Crippen LogP contribution in [0.3, 0.4) is 0 Å². The molecule has 0 aliphatic carbocycles. The number of nitrogens with one attached hydrogen (secondary N) is 2. The number of amides is 1. The molecule has 1 aromatic rings. The Balaban J connectivity index is 1.70. The topological polar surface area (TPSA) is 73.8 Å². The van der Waals surface area contributed by atoms with Crippen LogP contribution in [0.15, 0.2) is 24.3 Å². The molecule has 3 N–H and O–H groups in total. The van der Waals surface area contributed by atoms with Crippen LogP contribution in [0.4, 0.5) is 0 Å². The molecule has 2 heterocycles. The van der Waals surface area contributed by atoms with E-state index < -0.39 is 6.10 Å². The van der Waals surface area contributed by atoms with Gasteiger partial charge in [0.05, 0.1) is 25.3 Å². The van der Waals surface area contributed by atoms with Crippen molar-refractivity contribution in [1.82, 2.24) is 15.5 Å². The summed E-state index contributed by atoms with van der Waals surface area (Å²) in [6.07, 6.45) is 2.44. The van der Waals surface area contributed by atoms with Gasteiger partial charge in [-0.05, 0) is 38.4 Å². The fourth-order valence-corrected chi connectivity index (χ4v) is 3.67. The zero-order chi connectivity index (χ0) is 16.9. The molecule has 3 atom stereocenters. The van der Waals surface area contributed by atoms with E-state index in [0.717, 1.165) is 24.4 Å². The Morgan fingerprint density at radius 2 is 2.17 bits per heavy atom. The van der Waals surface area contributed by atoms with Gasteiger partial charge in [0.25, 0.3) is 0 Å². The molecule has 132 valence electrons. The largest absolute Gasteiger partial charge is 0.496 e. The second-order valence-corrected chi connectivity index (χ2v) is 6.60. The number of β-amino-alcohol motifs (C(OH)–C–C–N with tert-alkyl or cyclic N) is 1. The summed E-state index contributed by atoms with van der Waals surface area (Å²) >= 11 is 0. The van der Waals surface area contributed by atoms with Crippen molar-refractivity contribution in [1.29, 1.82) is 0 Å². The molecule has 1 amide bonds. The Labute approximate surface area is 143 Å². The molecule has 3 unspecified atom stereocenters. The summed E-state index contributed by atoms with van der Waals surface area (Å²) in [5.74, 6) is 0.823. The average Bonchev–Trinajstić information content (AvgIpc) is 3.27. The van der Waals surface area contributed by atoms with Crippen LogP contribution in [-0.4, -0.2) is 61.3 Å². The van der Waals surface area contributed by atoms with E-state index in [2.05, 4.69) is 21.6 Å². The van der Waals surface area contributed by atoms with Crippen LogP contribution in [0.2, 0.25) is 0 Å². The molecule has 2 aliphatic rings. The number of likely N-dealkylation sites (tertiary alicyclic amines) is 1. The second kappa shape index (κ2) is 7.96. The maximum atomic E-state index is 12.4. The van der Waals surface area contributed by atoms with Crippen molar-refractivity contribution in [2.45, 2.75) is 37.5 Å². The number of hydrogen-bond acceptors (Lipinski definition) is 5. The summed E-state index contributed by atoms with van der Waals surface area (Å²) in [5.41, 5.74) is 1.11. The summed E-state index contributed by atoms with van der Waals surface area (Å²) in [6, 6.07) is 7.83. The Hall–Kier alpha value is -1.63. The lowest BCUT2D eigenvalue weighted by Crippen LogP contribution is -2.44. The molecule has 0 saturated carbocycles. The van der Waals surface area contributed by atoms with Crippen LogP contribution in [0.25, 0.3) is 0 Å². The molecule has 2 saturated heterocycles. The fraction of sp³-hybridized carbons (Fsp3) is 0.611. The molecule has 3 rings (SSSR count). The highest BCUT2D eigenvalue weighted by atomic mass is 16.5. The van der Waals surface area contributed by atoms with Crippen molar-refractivity contribution in [3.05, 3.63) is 29.8 Å². The molecular formula is C18H27N3O3. The monoisotopic (exact) mass is 333 g/mol. The Morgan fingerprint density at radius 3 is 2.83 bits per heavy atom. The molecule has 0 bridgehead atoms. The first-order chi connectivity index (χ1) is 11.7. The number of ether oxygens (including phenoxy) is 1. The highest BCUT2D eigenvalue weighted by Gasteiger charge is 2.30.